The zero-order valence-electron chi connectivity index (χ0n) is 11.0. The minimum absolute atomic E-state index is 0.228. The van der Waals surface area contributed by atoms with E-state index in [4.69, 9.17) is 12.2 Å². The molecule has 20 heavy (non-hydrogen) atoms. The molecule has 0 unspecified atom stereocenters. The topological polar surface area (TPSA) is 28.7 Å². The SMILES string of the molecule is CC(C)c1[nH]c(Cc2ccc(F)cc2F)nc(=S)c1Br. The molecule has 1 N–H and O–H groups in total. The molecular weight excluding hydrogens is 346 g/mol. The fraction of sp³-hybridized carbons (Fsp3) is 0.286. The first-order chi connectivity index (χ1) is 9.38. The summed E-state index contributed by atoms with van der Waals surface area (Å²) < 4.78 is 27.7. The first-order valence-electron chi connectivity index (χ1n) is 6.11. The van der Waals surface area contributed by atoms with E-state index in [1.54, 1.807) is 0 Å². The predicted octanol–water partition coefficient (Wildman–Crippen LogP) is 4.89. The molecule has 0 bridgehead atoms. The molecule has 1 aromatic heterocycles. The first kappa shape index (κ1) is 15.3. The molecule has 2 nitrogen and oxygen atoms in total. The van der Waals surface area contributed by atoms with E-state index >= 15 is 0 Å². The van der Waals surface area contributed by atoms with E-state index in [0.29, 0.717) is 16.0 Å². The third-order valence-electron chi connectivity index (χ3n) is 2.89. The van der Waals surface area contributed by atoms with Crippen LogP contribution in [0.15, 0.2) is 22.7 Å². The fourth-order valence-corrected chi connectivity index (χ4v) is 2.72. The number of hydrogen-bond acceptors (Lipinski definition) is 2. The van der Waals surface area contributed by atoms with Gasteiger partial charge in [-0.2, -0.15) is 0 Å². The monoisotopic (exact) mass is 358 g/mol. The van der Waals surface area contributed by atoms with Crippen molar-refractivity contribution in [1.29, 1.82) is 0 Å². The number of nitrogens with one attached hydrogen (secondary N) is 1. The highest BCUT2D eigenvalue weighted by atomic mass is 79.9. The van der Waals surface area contributed by atoms with E-state index in [1.165, 1.54) is 12.1 Å². The van der Waals surface area contributed by atoms with E-state index < -0.39 is 11.6 Å². The number of aromatic nitrogens is 2. The van der Waals surface area contributed by atoms with Crippen LogP contribution in [0.1, 0.15) is 36.8 Å². The largest absolute Gasteiger partial charge is 0.346 e. The Bertz CT molecular complexity index is 698. The van der Waals surface area contributed by atoms with Crippen LogP contribution in [0.2, 0.25) is 0 Å². The van der Waals surface area contributed by atoms with Crippen molar-refractivity contribution in [2.24, 2.45) is 0 Å². The van der Waals surface area contributed by atoms with Crippen LogP contribution >= 0.6 is 28.1 Å². The minimum atomic E-state index is -0.592. The maximum atomic E-state index is 13.7. The van der Waals surface area contributed by atoms with E-state index in [-0.39, 0.29) is 12.3 Å². The highest BCUT2D eigenvalue weighted by Gasteiger charge is 2.12. The van der Waals surface area contributed by atoms with Gasteiger partial charge in [0.25, 0.3) is 0 Å². The number of halogens is 3. The summed E-state index contributed by atoms with van der Waals surface area (Å²) in [6, 6.07) is 3.52. The van der Waals surface area contributed by atoms with Crippen molar-refractivity contribution in [3.05, 3.63) is 56.0 Å². The Balaban J connectivity index is 2.41. The third kappa shape index (κ3) is 3.30. The van der Waals surface area contributed by atoms with E-state index in [1.807, 2.05) is 13.8 Å². The van der Waals surface area contributed by atoms with Gasteiger partial charge in [0.15, 0.2) is 0 Å². The zero-order valence-corrected chi connectivity index (χ0v) is 13.4. The first-order valence-corrected chi connectivity index (χ1v) is 7.31. The molecule has 2 rings (SSSR count). The lowest BCUT2D eigenvalue weighted by molar-refractivity contribution is 0.573. The quantitative estimate of drug-likeness (QED) is 0.791. The summed E-state index contributed by atoms with van der Waals surface area (Å²) in [5.74, 6) is -0.385. The van der Waals surface area contributed by atoms with Gasteiger partial charge in [-0.05, 0) is 33.5 Å². The van der Waals surface area contributed by atoms with E-state index in [2.05, 4.69) is 25.9 Å². The van der Waals surface area contributed by atoms with Gasteiger partial charge in [-0.1, -0.05) is 32.1 Å². The van der Waals surface area contributed by atoms with Crippen molar-refractivity contribution < 1.29 is 8.78 Å². The summed E-state index contributed by atoms with van der Waals surface area (Å²) >= 11 is 8.59. The smallest absolute Gasteiger partial charge is 0.144 e. The summed E-state index contributed by atoms with van der Waals surface area (Å²) in [6.07, 6.45) is 0.239. The molecule has 0 amide bonds. The molecule has 0 aliphatic rings. The van der Waals surface area contributed by atoms with Gasteiger partial charge in [0, 0.05) is 18.2 Å². The lowest BCUT2D eigenvalue weighted by Crippen LogP contribution is -2.05. The van der Waals surface area contributed by atoms with Crippen molar-refractivity contribution in [2.75, 3.05) is 0 Å². The van der Waals surface area contributed by atoms with Crippen LogP contribution in [0.5, 0.6) is 0 Å². The molecule has 0 saturated heterocycles. The molecule has 1 aromatic carbocycles. The minimum Gasteiger partial charge on any atom is -0.346 e. The van der Waals surface area contributed by atoms with Crippen molar-refractivity contribution in [2.45, 2.75) is 26.2 Å². The zero-order chi connectivity index (χ0) is 14.9. The summed E-state index contributed by atoms with van der Waals surface area (Å²) in [5.41, 5.74) is 1.30. The lowest BCUT2D eigenvalue weighted by Gasteiger charge is -2.11. The molecule has 2 aromatic rings. The number of hydrogen-bond donors (Lipinski definition) is 1. The standard InChI is InChI=1S/C14H13BrF2N2S/c1-7(2)13-12(15)14(20)19-11(18-13)5-8-3-4-9(16)6-10(8)17/h3-4,6-7H,5H2,1-2H3,(H,18,19,20). The number of rotatable bonds is 3. The summed E-state index contributed by atoms with van der Waals surface area (Å²) in [5, 5.41) is 0. The van der Waals surface area contributed by atoms with Gasteiger partial charge >= 0.3 is 0 Å². The van der Waals surface area contributed by atoms with Crippen LogP contribution < -0.4 is 0 Å². The Labute approximate surface area is 129 Å². The van der Waals surface area contributed by atoms with Gasteiger partial charge < -0.3 is 4.98 Å². The Kier molecular flexibility index (Phi) is 4.65. The fourth-order valence-electron chi connectivity index (χ4n) is 1.85. The van der Waals surface area contributed by atoms with Crippen molar-refractivity contribution in [3.8, 4) is 0 Å². The number of nitrogens with zero attached hydrogens (tertiary/aromatic N) is 1. The average Bonchev–Trinajstić information content (AvgIpc) is 2.36. The second-order valence-corrected chi connectivity index (χ2v) is 5.96. The van der Waals surface area contributed by atoms with Gasteiger partial charge in [0.1, 0.15) is 22.1 Å². The van der Waals surface area contributed by atoms with Crippen LogP contribution in [0, 0.1) is 16.3 Å². The van der Waals surface area contributed by atoms with Gasteiger partial charge in [-0.25, -0.2) is 13.8 Å². The Morgan fingerprint density at radius 1 is 1.35 bits per heavy atom. The predicted molar refractivity (Wildman–Crippen MR) is 80.4 cm³/mol. The summed E-state index contributed by atoms with van der Waals surface area (Å²) in [7, 11) is 0. The van der Waals surface area contributed by atoms with E-state index in [9.17, 15) is 8.78 Å². The molecule has 6 heteroatoms. The van der Waals surface area contributed by atoms with Gasteiger partial charge in [-0.15, -0.1) is 0 Å². The Morgan fingerprint density at radius 3 is 2.65 bits per heavy atom. The Hall–Kier alpha value is -1.14. The summed E-state index contributed by atoms with van der Waals surface area (Å²) in [6.45, 7) is 4.04. The van der Waals surface area contributed by atoms with Gasteiger partial charge in [0.2, 0.25) is 0 Å². The molecule has 0 saturated carbocycles. The average molecular weight is 359 g/mol. The van der Waals surface area contributed by atoms with Gasteiger partial charge in [0.05, 0.1) is 4.47 Å². The molecular formula is C14H13BrF2N2S. The van der Waals surface area contributed by atoms with Gasteiger partial charge in [-0.3, -0.25) is 0 Å². The number of H-pyrrole nitrogens is 1. The number of aromatic amines is 1. The van der Waals surface area contributed by atoms with Crippen LogP contribution in [0.25, 0.3) is 0 Å². The number of benzene rings is 1. The Morgan fingerprint density at radius 2 is 2.05 bits per heavy atom. The normalized spacial score (nSPS) is 11.1. The molecule has 1 heterocycles. The molecule has 0 spiro atoms. The van der Waals surface area contributed by atoms with Crippen molar-refractivity contribution >= 4 is 28.1 Å². The van der Waals surface area contributed by atoms with Crippen molar-refractivity contribution in [1.82, 2.24) is 9.97 Å². The maximum absolute atomic E-state index is 13.7. The third-order valence-corrected chi connectivity index (χ3v) is 4.25. The van der Waals surface area contributed by atoms with Crippen LogP contribution in [0.3, 0.4) is 0 Å². The lowest BCUT2D eigenvalue weighted by atomic mass is 10.1. The highest BCUT2D eigenvalue weighted by Crippen LogP contribution is 2.24. The second kappa shape index (κ2) is 6.10. The van der Waals surface area contributed by atoms with Crippen molar-refractivity contribution in [3.63, 3.8) is 0 Å². The molecule has 106 valence electrons. The molecule has 0 aliphatic heterocycles. The summed E-state index contributed by atoms with van der Waals surface area (Å²) in [4.78, 5) is 7.38. The molecule has 0 aliphatic carbocycles. The highest BCUT2D eigenvalue weighted by molar-refractivity contribution is 9.10. The second-order valence-electron chi connectivity index (χ2n) is 4.78. The molecule has 0 atom stereocenters. The molecule has 0 radical (unpaired) electrons. The van der Waals surface area contributed by atoms with Crippen LogP contribution in [0.4, 0.5) is 8.78 Å². The van der Waals surface area contributed by atoms with E-state index in [0.717, 1.165) is 16.2 Å². The molecule has 0 fully saturated rings. The maximum Gasteiger partial charge on any atom is 0.144 e. The van der Waals surface area contributed by atoms with Crippen LogP contribution in [-0.4, -0.2) is 9.97 Å². The van der Waals surface area contributed by atoms with Crippen LogP contribution in [-0.2, 0) is 6.42 Å².